The van der Waals surface area contributed by atoms with Crippen LogP contribution in [0, 0.1) is 0 Å². The van der Waals surface area contributed by atoms with Crippen LogP contribution in [0.2, 0.25) is 5.02 Å². The Kier molecular flexibility index (Phi) is 5.39. The summed E-state index contributed by atoms with van der Waals surface area (Å²) in [5.74, 6) is 0.264. The fraction of sp³-hybridized carbons (Fsp3) is 0. The van der Waals surface area contributed by atoms with E-state index in [2.05, 4.69) is 9.71 Å². The average Bonchev–Trinajstić information content (AvgIpc) is 3.30. The van der Waals surface area contributed by atoms with Gasteiger partial charge in [0.25, 0.3) is 10.0 Å². The van der Waals surface area contributed by atoms with E-state index in [0.717, 1.165) is 5.56 Å². The Hall–Kier alpha value is -3.42. The van der Waals surface area contributed by atoms with Crippen LogP contribution in [0.1, 0.15) is 15.9 Å². The number of hydrogen-bond acceptors (Lipinski definition) is 5. The van der Waals surface area contributed by atoms with Gasteiger partial charge in [-0.1, -0.05) is 11.6 Å². The number of furan rings is 1. The molecule has 0 spiro atoms. The SMILES string of the molecule is O=C(c1ccncc1)c1cc(Cl)ccc1NS(=O)(=O)c1ccc(-c2ccco2)cc1. The first kappa shape index (κ1) is 19.9. The van der Waals surface area contributed by atoms with Crippen molar-refractivity contribution in [3.05, 3.63) is 102 Å². The summed E-state index contributed by atoms with van der Waals surface area (Å²) in [6.45, 7) is 0. The summed E-state index contributed by atoms with van der Waals surface area (Å²) in [4.78, 5) is 16.8. The monoisotopic (exact) mass is 438 g/mol. The topological polar surface area (TPSA) is 89.3 Å². The number of pyridine rings is 1. The molecule has 0 amide bonds. The molecule has 6 nitrogen and oxygen atoms in total. The van der Waals surface area contributed by atoms with Crippen LogP contribution in [0.4, 0.5) is 5.69 Å². The molecule has 0 aliphatic heterocycles. The van der Waals surface area contributed by atoms with Crippen molar-refractivity contribution in [2.75, 3.05) is 4.72 Å². The van der Waals surface area contributed by atoms with Crippen molar-refractivity contribution in [1.82, 2.24) is 4.98 Å². The molecule has 2 aromatic heterocycles. The number of nitrogens with one attached hydrogen (secondary N) is 1. The third kappa shape index (κ3) is 4.12. The van der Waals surface area contributed by atoms with Gasteiger partial charge in [0.2, 0.25) is 0 Å². The van der Waals surface area contributed by atoms with Crippen LogP contribution >= 0.6 is 11.6 Å². The summed E-state index contributed by atoms with van der Waals surface area (Å²) in [6.07, 6.45) is 4.52. The molecule has 0 fully saturated rings. The maximum absolute atomic E-state index is 12.9. The average molecular weight is 439 g/mol. The van der Waals surface area contributed by atoms with Gasteiger partial charge in [-0.2, -0.15) is 0 Å². The Bertz CT molecular complexity index is 1290. The van der Waals surface area contributed by atoms with Crippen molar-refractivity contribution in [3.8, 4) is 11.3 Å². The molecule has 0 bridgehead atoms. The van der Waals surface area contributed by atoms with E-state index in [4.69, 9.17) is 16.0 Å². The number of nitrogens with zero attached hydrogens (tertiary/aromatic N) is 1. The number of anilines is 1. The fourth-order valence-electron chi connectivity index (χ4n) is 2.90. The fourth-order valence-corrected chi connectivity index (χ4v) is 4.15. The van der Waals surface area contributed by atoms with Gasteiger partial charge in [-0.15, -0.1) is 0 Å². The number of carbonyl (C=O) groups excluding carboxylic acids is 1. The maximum atomic E-state index is 12.9. The van der Waals surface area contributed by atoms with Gasteiger partial charge in [-0.3, -0.25) is 14.5 Å². The molecule has 0 radical (unpaired) electrons. The molecule has 0 aliphatic carbocycles. The number of halogens is 1. The highest BCUT2D eigenvalue weighted by molar-refractivity contribution is 7.92. The Morgan fingerprint density at radius 3 is 2.37 bits per heavy atom. The van der Waals surface area contributed by atoms with Gasteiger partial charge in [0, 0.05) is 34.1 Å². The van der Waals surface area contributed by atoms with Crippen molar-refractivity contribution in [3.63, 3.8) is 0 Å². The minimum Gasteiger partial charge on any atom is -0.464 e. The summed E-state index contributed by atoms with van der Waals surface area (Å²) in [5.41, 5.74) is 1.40. The zero-order valence-electron chi connectivity index (χ0n) is 15.4. The maximum Gasteiger partial charge on any atom is 0.261 e. The first-order valence-electron chi connectivity index (χ1n) is 8.85. The molecule has 1 N–H and O–H groups in total. The molecular formula is C22H15ClN2O4S. The van der Waals surface area contributed by atoms with E-state index >= 15 is 0 Å². The van der Waals surface area contributed by atoms with E-state index in [1.165, 1.54) is 42.7 Å². The number of hydrogen-bond donors (Lipinski definition) is 1. The van der Waals surface area contributed by atoms with E-state index in [1.54, 1.807) is 42.7 Å². The van der Waals surface area contributed by atoms with E-state index < -0.39 is 10.0 Å². The number of aromatic nitrogens is 1. The first-order chi connectivity index (χ1) is 14.4. The third-order valence-electron chi connectivity index (χ3n) is 4.38. The van der Waals surface area contributed by atoms with Crippen molar-refractivity contribution >= 4 is 33.1 Å². The van der Waals surface area contributed by atoms with Crippen molar-refractivity contribution < 1.29 is 17.6 Å². The van der Waals surface area contributed by atoms with E-state index in [-0.39, 0.29) is 21.9 Å². The lowest BCUT2D eigenvalue weighted by Crippen LogP contribution is -2.16. The summed E-state index contributed by atoms with van der Waals surface area (Å²) in [5, 5.41) is 0.318. The van der Waals surface area contributed by atoms with Crippen LogP contribution in [-0.2, 0) is 10.0 Å². The Labute approximate surface area is 178 Å². The minimum absolute atomic E-state index is 0.0510. The minimum atomic E-state index is -3.94. The second-order valence-electron chi connectivity index (χ2n) is 6.36. The molecule has 8 heteroatoms. The normalized spacial score (nSPS) is 11.2. The van der Waals surface area contributed by atoms with Crippen molar-refractivity contribution in [2.24, 2.45) is 0 Å². The highest BCUT2D eigenvalue weighted by Gasteiger charge is 2.20. The molecule has 4 aromatic rings. The Balaban J connectivity index is 1.66. The number of ketones is 1. The third-order valence-corrected chi connectivity index (χ3v) is 6.00. The highest BCUT2D eigenvalue weighted by atomic mass is 35.5. The largest absolute Gasteiger partial charge is 0.464 e. The molecule has 4 rings (SSSR count). The van der Waals surface area contributed by atoms with Gasteiger partial charge >= 0.3 is 0 Å². The van der Waals surface area contributed by atoms with Crippen molar-refractivity contribution in [2.45, 2.75) is 4.90 Å². The van der Waals surface area contributed by atoms with Gasteiger partial charge in [0.1, 0.15) is 5.76 Å². The lowest BCUT2D eigenvalue weighted by atomic mass is 10.0. The van der Waals surface area contributed by atoms with Gasteiger partial charge in [-0.05, 0) is 66.7 Å². The smallest absolute Gasteiger partial charge is 0.261 e. The molecule has 0 atom stereocenters. The quantitative estimate of drug-likeness (QED) is 0.426. The van der Waals surface area contributed by atoms with Gasteiger partial charge < -0.3 is 4.42 Å². The summed E-state index contributed by atoms with van der Waals surface area (Å²) in [6, 6.07) is 17.3. The lowest BCUT2D eigenvalue weighted by molar-refractivity contribution is 0.103. The predicted octanol–water partition coefficient (Wildman–Crippen LogP) is 5.03. The van der Waals surface area contributed by atoms with Gasteiger partial charge in [-0.25, -0.2) is 8.42 Å². The molecule has 0 aliphatic rings. The zero-order chi connectivity index (χ0) is 21.1. The Morgan fingerprint density at radius 1 is 0.967 bits per heavy atom. The second-order valence-corrected chi connectivity index (χ2v) is 8.48. The molecule has 0 saturated carbocycles. The second kappa shape index (κ2) is 8.14. The van der Waals surface area contributed by atoms with Crippen LogP contribution in [0.5, 0.6) is 0 Å². The van der Waals surface area contributed by atoms with Crippen LogP contribution in [0.3, 0.4) is 0 Å². The highest BCUT2D eigenvalue weighted by Crippen LogP contribution is 2.27. The number of sulfonamides is 1. The van der Waals surface area contributed by atoms with Crippen LogP contribution in [-0.4, -0.2) is 19.2 Å². The molecule has 30 heavy (non-hydrogen) atoms. The van der Waals surface area contributed by atoms with E-state index in [9.17, 15) is 13.2 Å². The molecule has 0 unspecified atom stereocenters. The van der Waals surface area contributed by atoms with Crippen LogP contribution in [0.25, 0.3) is 11.3 Å². The van der Waals surface area contributed by atoms with E-state index in [0.29, 0.717) is 16.3 Å². The molecule has 2 heterocycles. The Morgan fingerprint density at radius 2 is 1.70 bits per heavy atom. The summed E-state index contributed by atoms with van der Waals surface area (Å²) < 4.78 is 33.6. The number of benzene rings is 2. The van der Waals surface area contributed by atoms with Gasteiger partial charge in [0.05, 0.1) is 16.8 Å². The molecule has 150 valence electrons. The van der Waals surface area contributed by atoms with Gasteiger partial charge in [0.15, 0.2) is 5.78 Å². The molecular weight excluding hydrogens is 424 g/mol. The lowest BCUT2D eigenvalue weighted by Gasteiger charge is -2.13. The summed E-state index contributed by atoms with van der Waals surface area (Å²) in [7, 11) is -3.94. The predicted molar refractivity (Wildman–Crippen MR) is 114 cm³/mol. The van der Waals surface area contributed by atoms with Crippen LogP contribution < -0.4 is 4.72 Å². The molecule has 0 saturated heterocycles. The van der Waals surface area contributed by atoms with Crippen molar-refractivity contribution in [1.29, 1.82) is 0 Å². The summed E-state index contributed by atoms with van der Waals surface area (Å²) >= 11 is 6.05. The molecule has 2 aromatic carbocycles. The standard InChI is InChI=1S/C22H15ClN2O4S/c23-17-5-8-20(19(14-17)22(26)16-9-11-24-12-10-16)25-30(27,28)18-6-3-15(4-7-18)21-2-1-13-29-21/h1-14,25H. The first-order valence-corrected chi connectivity index (χ1v) is 10.7. The zero-order valence-corrected chi connectivity index (χ0v) is 17.0. The number of carbonyl (C=O) groups is 1. The number of rotatable bonds is 6. The van der Waals surface area contributed by atoms with Crippen LogP contribution in [0.15, 0.2) is 94.7 Å². The van der Waals surface area contributed by atoms with E-state index in [1.807, 2.05) is 0 Å².